The van der Waals surface area contributed by atoms with Crippen LogP contribution in [0.2, 0.25) is 5.02 Å². The molecule has 0 spiro atoms. The molecule has 13 heteroatoms. The lowest BCUT2D eigenvalue weighted by atomic mass is 10.1. The quantitative estimate of drug-likeness (QED) is 0.180. The van der Waals surface area contributed by atoms with Crippen LogP contribution in [0.1, 0.15) is 29.2 Å². The molecule has 1 N–H and O–H groups in total. The second-order valence-corrected chi connectivity index (χ2v) is 10.3. The van der Waals surface area contributed by atoms with Gasteiger partial charge in [0.2, 0.25) is 12.3 Å². The van der Waals surface area contributed by atoms with E-state index in [1.165, 1.54) is 31.3 Å². The van der Waals surface area contributed by atoms with E-state index in [4.69, 9.17) is 11.6 Å². The summed E-state index contributed by atoms with van der Waals surface area (Å²) in [5.41, 5.74) is 0.899. The van der Waals surface area contributed by atoms with E-state index < -0.39 is 17.6 Å². The summed E-state index contributed by atoms with van der Waals surface area (Å²) < 4.78 is 40.4. The summed E-state index contributed by atoms with van der Waals surface area (Å²) in [6.45, 7) is 4.56. The second-order valence-electron chi connectivity index (χ2n) is 9.37. The van der Waals surface area contributed by atoms with Gasteiger partial charge in [0, 0.05) is 82.3 Å². The van der Waals surface area contributed by atoms with Crippen LogP contribution in [0.4, 0.5) is 18.9 Å². The van der Waals surface area contributed by atoms with E-state index in [2.05, 4.69) is 27.8 Å². The van der Waals surface area contributed by atoms with Crippen molar-refractivity contribution >= 4 is 60.4 Å². The Bertz CT molecular complexity index is 1330. The van der Waals surface area contributed by atoms with E-state index in [9.17, 15) is 27.6 Å². The number of nitrogens with one attached hydrogen (secondary N) is 1. The normalized spacial score (nSPS) is 14.8. The zero-order chi connectivity index (χ0) is 30.2. The fourth-order valence-corrected chi connectivity index (χ4v) is 4.79. The molecule has 0 bridgehead atoms. The van der Waals surface area contributed by atoms with Crippen LogP contribution in [-0.2, 0) is 27.1 Å². The van der Waals surface area contributed by atoms with E-state index in [1.807, 2.05) is 0 Å². The van der Waals surface area contributed by atoms with Crippen molar-refractivity contribution in [3.05, 3.63) is 68.6 Å². The molecule has 0 aliphatic carbocycles. The highest BCUT2D eigenvalue weighted by Crippen LogP contribution is 2.34. The Morgan fingerprint density at radius 1 is 1.15 bits per heavy atom. The molecule has 41 heavy (non-hydrogen) atoms. The predicted molar refractivity (Wildman–Crippen MR) is 157 cm³/mol. The Morgan fingerprint density at radius 3 is 2.46 bits per heavy atom. The molecule has 1 heterocycles. The maximum Gasteiger partial charge on any atom is 0.416 e. The van der Waals surface area contributed by atoms with Gasteiger partial charge >= 0.3 is 6.18 Å². The van der Waals surface area contributed by atoms with Gasteiger partial charge in [0.15, 0.2) is 0 Å². The van der Waals surface area contributed by atoms with Crippen molar-refractivity contribution in [2.75, 3.05) is 51.6 Å². The molecule has 1 saturated heterocycles. The average Bonchev–Trinajstić information content (AvgIpc) is 2.93. The van der Waals surface area contributed by atoms with Crippen LogP contribution in [-0.4, -0.2) is 85.5 Å². The number of piperazine rings is 1. The van der Waals surface area contributed by atoms with E-state index in [-0.39, 0.29) is 34.5 Å². The number of benzene rings is 2. The van der Waals surface area contributed by atoms with Crippen molar-refractivity contribution < 1.29 is 27.6 Å². The fourth-order valence-electron chi connectivity index (χ4n) is 4.34. The molecular weight excluding hydrogens is 579 g/mol. The number of amides is 3. The van der Waals surface area contributed by atoms with Crippen LogP contribution in [0.15, 0.2) is 46.3 Å². The number of aliphatic imine (C=N–C) groups is 1. The Balaban J connectivity index is 1.69. The van der Waals surface area contributed by atoms with Gasteiger partial charge in [-0.15, -0.1) is 12.6 Å². The topological polar surface area (TPSA) is 85.3 Å². The molecule has 220 valence electrons. The molecule has 0 saturated carbocycles. The summed E-state index contributed by atoms with van der Waals surface area (Å²) in [6, 6.07) is 8.65. The maximum atomic E-state index is 13.5. The van der Waals surface area contributed by atoms with Crippen LogP contribution in [0.3, 0.4) is 0 Å². The minimum Gasteiger partial charge on any atom is -0.380 e. The highest BCUT2D eigenvalue weighted by atomic mass is 35.5. The monoisotopic (exact) mass is 609 g/mol. The van der Waals surface area contributed by atoms with Crippen LogP contribution in [0.25, 0.3) is 6.08 Å². The van der Waals surface area contributed by atoms with Gasteiger partial charge in [0.05, 0.1) is 10.5 Å². The number of hydrogen-bond donors (Lipinski definition) is 2. The molecule has 0 radical (unpaired) electrons. The summed E-state index contributed by atoms with van der Waals surface area (Å²) in [5, 5.41) is 3.01. The third kappa shape index (κ3) is 9.07. The third-order valence-electron chi connectivity index (χ3n) is 6.58. The number of hydrogen-bond acceptors (Lipinski definition) is 7. The summed E-state index contributed by atoms with van der Waals surface area (Å²) in [5.74, 6) is -0.547. The predicted octanol–water partition coefficient (Wildman–Crippen LogP) is 4.44. The molecule has 1 fully saturated rings. The number of imide groups is 1. The largest absolute Gasteiger partial charge is 0.416 e. The number of carbonyl (C=O) groups excluding carboxylic acids is 3. The number of alkyl halides is 3. The summed E-state index contributed by atoms with van der Waals surface area (Å²) >= 11 is 10.1. The summed E-state index contributed by atoms with van der Waals surface area (Å²) in [7, 11) is 1.56. The smallest absolute Gasteiger partial charge is 0.380 e. The Kier molecular flexibility index (Phi) is 11.4. The number of halogens is 4. The first-order chi connectivity index (χ1) is 19.4. The molecule has 0 atom stereocenters. The molecule has 0 aromatic heterocycles. The molecule has 1 aliphatic rings. The van der Waals surface area contributed by atoms with Crippen LogP contribution < -0.4 is 5.32 Å². The van der Waals surface area contributed by atoms with Crippen LogP contribution >= 0.6 is 24.2 Å². The van der Waals surface area contributed by atoms with Gasteiger partial charge < -0.3 is 10.2 Å². The van der Waals surface area contributed by atoms with Crippen molar-refractivity contribution in [2.24, 2.45) is 4.99 Å². The van der Waals surface area contributed by atoms with Crippen LogP contribution in [0.5, 0.6) is 0 Å². The first-order valence-electron chi connectivity index (χ1n) is 12.7. The molecule has 2 aromatic rings. The maximum absolute atomic E-state index is 13.5. The first-order valence-corrected chi connectivity index (χ1v) is 13.6. The van der Waals surface area contributed by atoms with Crippen molar-refractivity contribution in [1.82, 2.24) is 14.7 Å². The standard InChI is InChI=1S/C28H31ClF3N5O3S/c1-19(39)36-10-7-35(8-11-36)9-12-37(18-38)27(40)26(41)14-20-3-6-25(22(13-20)16-33-2)34-17-21-4-5-23(29)15-24(21)28(30,31)32/h3-6,13-16,18,34,41H,7-12,17H2,1-2H3/b26-14-,33-16-. The van der Waals surface area contributed by atoms with Crippen LogP contribution in [0, 0.1) is 0 Å². The summed E-state index contributed by atoms with van der Waals surface area (Å²) in [4.78, 5) is 45.0. The number of carbonyl (C=O) groups is 3. The van der Waals surface area contributed by atoms with Gasteiger partial charge in [0.1, 0.15) is 0 Å². The SMILES string of the molecule is C/N=C\c1cc(/C=C(\S)C(=O)N(C=O)CCN2CCN(C(C)=O)CC2)ccc1NCc1ccc(Cl)cc1C(F)(F)F. The minimum absolute atomic E-state index is 0.00577. The molecule has 2 aromatic carbocycles. The second kappa shape index (κ2) is 14.5. The van der Waals surface area contributed by atoms with Gasteiger partial charge in [-0.3, -0.25) is 29.2 Å². The number of anilines is 1. The van der Waals surface area contributed by atoms with Crippen molar-refractivity contribution in [3.63, 3.8) is 0 Å². The Morgan fingerprint density at radius 2 is 1.85 bits per heavy atom. The molecule has 3 amide bonds. The highest BCUT2D eigenvalue weighted by molar-refractivity contribution is 7.85. The average molecular weight is 610 g/mol. The summed E-state index contributed by atoms with van der Waals surface area (Å²) in [6.07, 6.45) is -1.05. The number of nitrogens with zero attached hydrogens (tertiary/aromatic N) is 4. The van der Waals surface area contributed by atoms with E-state index in [1.54, 1.807) is 30.1 Å². The Hall–Kier alpha value is -3.35. The molecular formula is C28H31ClF3N5O3S. The van der Waals surface area contributed by atoms with Gasteiger partial charge in [-0.1, -0.05) is 23.7 Å². The van der Waals surface area contributed by atoms with Crippen molar-refractivity contribution in [3.8, 4) is 0 Å². The highest BCUT2D eigenvalue weighted by Gasteiger charge is 2.33. The van der Waals surface area contributed by atoms with E-state index in [0.29, 0.717) is 55.9 Å². The van der Waals surface area contributed by atoms with Crippen molar-refractivity contribution in [2.45, 2.75) is 19.6 Å². The van der Waals surface area contributed by atoms with E-state index >= 15 is 0 Å². The lowest BCUT2D eigenvalue weighted by Crippen LogP contribution is -2.50. The van der Waals surface area contributed by atoms with Crippen molar-refractivity contribution in [1.29, 1.82) is 0 Å². The number of thiol groups is 1. The minimum atomic E-state index is -4.56. The lowest BCUT2D eigenvalue weighted by molar-refractivity contribution is -0.138. The molecule has 1 aliphatic heterocycles. The Labute approximate surface area is 247 Å². The van der Waals surface area contributed by atoms with Gasteiger partial charge in [-0.25, -0.2) is 0 Å². The molecule has 0 unspecified atom stereocenters. The zero-order valence-electron chi connectivity index (χ0n) is 22.6. The van der Waals surface area contributed by atoms with Gasteiger partial charge in [-0.2, -0.15) is 13.2 Å². The van der Waals surface area contributed by atoms with Gasteiger partial charge in [0.25, 0.3) is 5.91 Å². The molecule has 3 rings (SSSR count). The first kappa shape index (κ1) is 32.2. The fraction of sp³-hybridized carbons (Fsp3) is 0.357. The zero-order valence-corrected chi connectivity index (χ0v) is 24.3. The third-order valence-corrected chi connectivity index (χ3v) is 7.13. The number of rotatable bonds is 10. The lowest BCUT2D eigenvalue weighted by Gasteiger charge is -2.34. The van der Waals surface area contributed by atoms with Gasteiger partial charge in [-0.05, 0) is 41.5 Å². The molecule has 8 nitrogen and oxygen atoms in total. The van der Waals surface area contributed by atoms with E-state index in [0.717, 1.165) is 11.0 Å².